The van der Waals surface area contributed by atoms with Crippen LogP contribution in [0.1, 0.15) is 4.28 Å². The van der Waals surface area contributed by atoms with Gasteiger partial charge in [-0.1, -0.05) is 0 Å². The number of phenolic OH excluding ortho intramolecular Hbond substituents is 3. The van der Waals surface area contributed by atoms with Crippen LogP contribution in [-0.2, 0) is 0 Å². The first-order chi connectivity index (χ1) is 9.56. The van der Waals surface area contributed by atoms with Crippen LogP contribution in [0.2, 0.25) is 0 Å². The Bertz CT molecular complexity index is 880. The van der Waals surface area contributed by atoms with Crippen molar-refractivity contribution in [3.63, 3.8) is 0 Å². The summed E-state index contributed by atoms with van der Waals surface area (Å²) in [4.78, 5) is 16.4. The summed E-state index contributed by atoms with van der Waals surface area (Å²) in [5, 5.41) is 28.5. The van der Waals surface area contributed by atoms with Crippen molar-refractivity contribution in [2.75, 3.05) is 0 Å². The molecule has 2 aromatic carbocycles. The fraction of sp³-hybridized carbons (Fsp3) is 0. The van der Waals surface area contributed by atoms with Crippen LogP contribution in [0.4, 0.5) is 0 Å². The Kier molecular flexibility index (Phi) is 9.45. The van der Waals surface area contributed by atoms with Crippen LogP contribution >= 0.6 is 0 Å². The second-order valence-electron chi connectivity index (χ2n) is 4.30. The van der Waals surface area contributed by atoms with E-state index in [-0.39, 0.29) is 121 Å². The minimum atomic E-state index is -0.460. The normalized spacial score (nSPS) is 9.39. The fourth-order valence-electron chi connectivity index (χ4n) is 2.01. The number of hydrogen-bond acceptors (Lipinski definition) is 5. The summed E-state index contributed by atoms with van der Waals surface area (Å²) >= 11 is 0. The van der Waals surface area contributed by atoms with E-state index in [9.17, 15) is 20.1 Å². The van der Waals surface area contributed by atoms with Crippen LogP contribution < -0.4 is 94.2 Å². The van der Waals surface area contributed by atoms with Crippen molar-refractivity contribution < 1.29 is 108 Å². The molecule has 3 rings (SSSR count). The maximum Gasteiger partial charge on any atom is 1.00 e. The molecule has 9 heteroatoms. The summed E-state index contributed by atoms with van der Waals surface area (Å²) in [5.74, 6) is -0.404. The van der Waals surface area contributed by atoms with Gasteiger partial charge in [-0.2, -0.15) is 0 Å². The predicted octanol–water partition coefficient (Wildman–Crippen LogP) is -7.15. The largest absolute Gasteiger partial charge is 1.00 e. The summed E-state index contributed by atoms with van der Waals surface area (Å²) in [6.07, 6.45) is 1.30. The molecular formula is C14H13N2Na3O4. The number of aromatic hydroxyl groups is 3. The second kappa shape index (κ2) is 9.46. The smallest absolute Gasteiger partial charge is 1.00 e. The van der Waals surface area contributed by atoms with Crippen molar-refractivity contribution in [1.82, 2.24) is 9.55 Å². The molecule has 3 N–H and O–H groups in total. The molecule has 0 aliphatic heterocycles. The molecule has 6 nitrogen and oxygen atoms in total. The molecule has 0 fully saturated rings. The number of fused-ring (bicyclic) bond motifs is 1. The standard InChI is InChI=1S/C14H10N2O4.3Na.3H/c17-9-3-1-8(2-4-9)16-7-15-11-5-10(18)6-12(19)13(11)14(16)20;;;;;;/h1-7,17-19H;;;;;;/q;3*+1;3*-1. The number of hydrogen-bond donors (Lipinski definition) is 3. The van der Waals surface area contributed by atoms with Crippen molar-refractivity contribution in [3.05, 3.63) is 53.1 Å². The minimum Gasteiger partial charge on any atom is -1.00 e. The van der Waals surface area contributed by atoms with Crippen LogP contribution in [0.25, 0.3) is 16.6 Å². The molecule has 3 aromatic rings. The average molecular weight is 342 g/mol. The number of nitrogens with zero attached hydrogens (tertiary/aromatic N) is 2. The van der Waals surface area contributed by atoms with Gasteiger partial charge in [-0.15, -0.1) is 0 Å². The van der Waals surface area contributed by atoms with E-state index in [1.807, 2.05) is 0 Å². The van der Waals surface area contributed by atoms with E-state index in [4.69, 9.17) is 0 Å². The first-order valence-corrected chi connectivity index (χ1v) is 5.79. The molecule has 0 aliphatic rings. The first-order valence-electron chi connectivity index (χ1n) is 5.79. The Hall–Kier alpha value is -0.0200. The van der Waals surface area contributed by atoms with Gasteiger partial charge in [0.05, 0.1) is 11.2 Å². The molecule has 0 atom stereocenters. The topological polar surface area (TPSA) is 95.6 Å². The van der Waals surface area contributed by atoms with Gasteiger partial charge in [-0.05, 0) is 24.3 Å². The fourth-order valence-corrected chi connectivity index (χ4v) is 2.01. The van der Waals surface area contributed by atoms with E-state index in [2.05, 4.69) is 4.98 Å². The molecule has 106 valence electrons. The van der Waals surface area contributed by atoms with E-state index < -0.39 is 5.56 Å². The molecule has 1 heterocycles. The van der Waals surface area contributed by atoms with Crippen LogP contribution in [0, 0.1) is 0 Å². The molecule has 0 saturated heterocycles. The third-order valence-corrected chi connectivity index (χ3v) is 2.95. The summed E-state index contributed by atoms with van der Waals surface area (Å²) in [6.45, 7) is 0. The van der Waals surface area contributed by atoms with Gasteiger partial charge in [-0.25, -0.2) is 4.98 Å². The monoisotopic (exact) mass is 342 g/mol. The Labute approximate surface area is 202 Å². The molecule has 0 saturated carbocycles. The van der Waals surface area contributed by atoms with Gasteiger partial charge in [0, 0.05) is 12.1 Å². The molecule has 0 amide bonds. The molecule has 23 heavy (non-hydrogen) atoms. The number of benzene rings is 2. The molecule has 0 unspecified atom stereocenters. The zero-order valence-electron chi connectivity index (χ0n) is 16.2. The quantitative estimate of drug-likeness (QED) is 0.382. The van der Waals surface area contributed by atoms with Crippen molar-refractivity contribution in [2.45, 2.75) is 0 Å². The van der Waals surface area contributed by atoms with Gasteiger partial charge in [0.15, 0.2) is 0 Å². The number of rotatable bonds is 1. The third-order valence-electron chi connectivity index (χ3n) is 2.95. The summed E-state index contributed by atoms with van der Waals surface area (Å²) < 4.78 is 1.25. The Morgan fingerprint density at radius 2 is 1.52 bits per heavy atom. The second-order valence-corrected chi connectivity index (χ2v) is 4.30. The van der Waals surface area contributed by atoms with Crippen molar-refractivity contribution in [3.8, 4) is 22.9 Å². The van der Waals surface area contributed by atoms with E-state index in [1.54, 1.807) is 12.1 Å². The van der Waals surface area contributed by atoms with Crippen molar-refractivity contribution >= 4 is 10.9 Å². The number of phenols is 3. The maximum absolute atomic E-state index is 12.4. The van der Waals surface area contributed by atoms with E-state index in [0.29, 0.717) is 5.69 Å². The zero-order valence-corrected chi connectivity index (χ0v) is 19.2. The van der Waals surface area contributed by atoms with Gasteiger partial charge in [0.2, 0.25) is 0 Å². The SMILES string of the molecule is O=c1c2c(O)cc(O)cc2ncn1-c1ccc(O)cc1.[H-].[H-].[H-].[Na+].[Na+].[Na+]. The zero-order chi connectivity index (χ0) is 14.3. The van der Waals surface area contributed by atoms with Crippen LogP contribution in [0.3, 0.4) is 0 Å². The summed E-state index contributed by atoms with van der Waals surface area (Å²) in [7, 11) is 0. The molecule has 0 spiro atoms. The van der Waals surface area contributed by atoms with E-state index in [0.717, 1.165) is 6.07 Å². The van der Waals surface area contributed by atoms with Crippen molar-refractivity contribution in [1.29, 1.82) is 0 Å². The van der Waals surface area contributed by atoms with Crippen LogP contribution in [0.5, 0.6) is 17.2 Å². The molecule has 0 aliphatic carbocycles. The predicted molar refractivity (Wildman–Crippen MR) is 75.7 cm³/mol. The molecular weight excluding hydrogens is 329 g/mol. The minimum absolute atomic E-state index is 0. The Morgan fingerprint density at radius 3 is 2.13 bits per heavy atom. The van der Waals surface area contributed by atoms with Gasteiger partial charge in [0.25, 0.3) is 5.56 Å². The molecule has 0 radical (unpaired) electrons. The third kappa shape index (κ3) is 4.75. The maximum atomic E-state index is 12.4. The molecule has 1 aromatic heterocycles. The Balaban J connectivity index is -0.000000403. The molecule has 0 bridgehead atoms. The van der Waals surface area contributed by atoms with E-state index >= 15 is 0 Å². The van der Waals surface area contributed by atoms with Gasteiger partial charge in [-0.3, -0.25) is 9.36 Å². The van der Waals surface area contributed by atoms with Crippen molar-refractivity contribution in [2.24, 2.45) is 0 Å². The summed E-state index contributed by atoms with van der Waals surface area (Å²) in [5.41, 5.74) is 0.260. The number of aromatic nitrogens is 2. The summed E-state index contributed by atoms with van der Waals surface area (Å²) in [6, 6.07) is 8.40. The van der Waals surface area contributed by atoms with Crippen LogP contribution in [-0.4, -0.2) is 24.9 Å². The van der Waals surface area contributed by atoms with Gasteiger partial charge >= 0.3 is 88.7 Å². The van der Waals surface area contributed by atoms with Gasteiger partial charge < -0.3 is 19.6 Å². The van der Waals surface area contributed by atoms with Crippen LogP contribution in [0.15, 0.2) is 47.5 Å². The Morgan fingerprint density at radius 1 is 0.913 bits per heavy atom. The average Bonchev–Trinajstić information content (AvgIpc) is 2.39. The van der Waals surface area contributed by atoms with Gasteiger partial charge in [0.1, 0.15) is 29.0 Å². The first kappa shape index (κ1) is 23.0. The van der Waals surface area contributed by atoms with E-state index in [1.165, 1.54) is 29.1 Å².